The van der Waals surface area contributed by atoms with Crippen molar-refractivity contribution in [3.63, 3.8) is 0 Å². The number of benzene rings is 2. The first kappa shape index (κ1) is 17.8. The topological polar surface area (TPSA) is 50.4 Å². The Bertz CT molecular complexity index is 555. The van der Waals surface area contributed by atoms with Crippen molar-refractivity contribution in [3.05, 3.63) is 65.2 Å². The van der Waals surface area contributed by atoms with Gasteiger partial charge in [-0.15, -0.1) is 24.0 Å². The minimum absolute atomic E-state index is 0. The predicted molar refractivity (Wildman–Crippen MR) is 102 cm³/mol. The molecule has 3 N–H and O–H groups in total. The van der Waals surface area contributed by atoms with Crippen LogP contribution in [0.3, 0.4) is 0 Å². The number of nitrogens with two attached hydrogens (primary N) is 1. The molecule has 2 aromatic rings. The molecule has 21 heavy (non-hydrogen) atoms. The number of anilines is 1. The highest BCUT2D eigenvalue weighted by Crippen LogP contribution is 2.11. The molecular weight excluding hydrogens is 397 g/mol. The highest BCUT2D eigenvalue weighted by molar-refractivity contribution is 14.0. The lowest BCUT2D eigenvalue weighted by Gasteiger charge is -2.05. The molecule has 0 aliphatic carbocycles. The van der Waals surface area contributed by atoms with Gasteiger partial charge in [-0.2, -0.15) is 0 Å². The van der Waals surface area contributed by atoms with Crippen molar-refractivity contribution in [2.45, 2.75) is 12.8 Å². The first-order chi connectivity index (χ1) is 9.74. The molecule has 2 aromatic carbocycles. The molecular formula is C16H19ClIN3. The van der Waals surface area contributed by atoms with Crippen LogP contribution in [0.2, 0.25) is 5.02 Å². The van der Waals surface area contributed by atoms with Crippen LogP contribution in [0, 0.1) is 0 Å². The lowest BCUT2D eigenvalue weighted by atomic mass is 10.1. The molecule has 0 aliphatic heterocycles. The minimum Gasteiger partial charge on any atom is -0.370 e. The molecule has 112 valence electrons. The summed E-state index contributed by atoms with van der Waals surface area (Å²) in [5, 5.41) is 3.83. The molecule has 5 heteroatoms. The second-order valence-corrected chi connectivity index (χ2v) is 4.92. The van der Waals surface area contributed by atoms with Crippen LogP contribution in [0.25, 0.3) is 0 Å². The van der Waals surface area contributed by atoms with Crippen LogP contribution < -0.4 is 11.1 Å². The summed E-state index contributed by atoms with van der Waals surface area (Å²) in [4.78, 5) is 4.31. The number of para-hydroxylation sites is 1. The summed E-state index contributed by atoms with van der Waals surface area (Å²) in [6, 6.07) is 17.7. The van der Waals surface area contributed by atoms with Gasteiger partial charge in [-0.1, -0.05) is 41.9 Å². The Kier molecular flexibility index (Phi) is 8.15. The number of aliphatic imine (C=N–C) groups is 1. The van der Waals surface area contributed by atoms with E-state index >= 15 is 0 Å². The van der Waals surface area contributed by atoms with Gasteiger partial charge in [0.1, 0.15) is 0 Å². The van der Waals surface area contributed by atoms with Gasteiger partial charge in [0, 0.05) is 17.3 Å². The molecule has 0 unspecified atom stereocenters. The van der Waals surface area contributed by atoms with Gasteiger partial charge < -0.3 is 11.1 Å². The van der Waals surface area contributed by atoms with E-state index in [2.05, 4.69) is 10.3 Å². The molecule has 0 atom stereocenters. The largest absolute Gasteiger partial charge is 0.370 e. The number of guanidine groups is 1. The molecule has 3 nitrogen and oxygen atoms in total. The van der Waals surface area contributed by atoms with Crippen LogP contribution in [-0.2, 0) is 6.42 Å². The van der Waals surface area contributed by atoms with E-state index in [0.717, 1.165) is 23.6 Å². The standard InChI is InChI=1S/C16H18ClN3.HI/c17-14-10-8-13(9-11-14)5-4-12-19-16(18)20-15-6-2-1-3-7-15;/h1-3,6-11H,4-5,12H2,(H3,18,19,20);1H. The zero-order chi connectivity index (χ0) is 14.2. The van der Waals surface area contributed by atoms with Crippen molar-refractivity contribution < 1.29 is 0 Å². The van der Waals surface area contributed by atoms with Gasteiger partial charge in [0.2, 0.25) is 0 Å². The fourth-order valence-electron chi connectivity index (χ4n) is 1.84. The van der Waals surface area contributed by atoms with Crippen molar-refractivity contribution in [2.24, 2.45) is 10.7 Å². The third-order valence-electron chi connectivity index (χ3n) is 2.87. The van der Waals surface area contributed by atoms with Crippen molar-refractivity contribution in [2.75, 3.05) is 11.9 Å². The van der Waals surface area contributed by atoms with E-state index in [0.29, 0.717) is 12.5 Å². The second kappa shape index (κ2) is 9.63. The van der Waals surface area contributed by atoms with Gasteiger partial charge in [0.05, 0.1) is 0 Å². The number of halogens is 2. The van der Waals surface area contributed by atoms with Gasteiger partial charge in [-0.3, -0.25) is 4.99 Å². The van der Waals surface area contributed by atoms with Gasteiger partial charge in [-0.05, 0) is 42.7 Å². The summed E-state index contributed by atoms with van der Waals surface area (Å²) in [5.74, 6) is 0.451. The van der Waals surface area contributed by atoms with E-state index in [1.807, 2.05) is 54.6 Å². The summed E-state index contributed by atoms with van der Waals surface area (Å²) < 4.78 is 0. The maximum Gasteiger partial charge on any atom is 0.193 e. The van der Waals surface area contributed by atoms with E-state index in [-0.39, 0.29) is 24.0 Å². The van der Waals surface area contributed by atoms with Gasteiger partial charge >= 0.3 is 0 Å². The first-order valence-electron chi connectivity index (χ1n) is 6.60. The van der Waals surface area contributed by atoms with Gasteiger partial charge in [-0.25, -0.2) is 0 Å². The fraction of sp³-hybridized carbons (Fsp3) is 0.188. The molecule has 0 spiro atoms. The average molecular weight is 416 g/mol. The summed E-state index contributed by atoms with van der Waals surface area (Å²) in [5.41, 5.74) is 8.04. The normalized spacial score (nSPS) is 10.8. The highest BCUT2D eigenvalue weighted by atomic mass is 127. The lowest BCUT2D eigenvalue weighted by molar-refractivity contribution is 0.832. The monoisotopic (exact) mass is 415 g/mol. The molecule has 0 fully saturated rings. The van der Waals surface area contributed by atoms with Crippen LogP contribution >= 0.6 is 35.6 Å². The quantitative estimate of drug-likeness (QED) is 0.331. The van der Waals surface area contributed by atoms with E-state index in [4.69, 9.17) is 17.3 Å². The number of aryl methyl sites for hydroxylation is 1. The van der Waals surface area contributed by atoms with Crippen molar-refractivity contribution in [1.82, 2.24) is 0 Å². The zero-order valence-corrected chi connectivity index (χ0v) is 14.7. The molecule has 0 saturated heterocycles. The summed E-state index contributed by atoms with van der Waals surface area (Å²) in [6.45, 7) is 0.703. The Labute approximate surface area is 147 Å². The molecule has 2 rings (SSSR count). The second-order valence-electron chi connectivity index (χ2n) is 4.49. The molecule has 0 aliphatic rings. The van der Waals surface area contributed by atoms with Crippen molar-refractivity contribution >= 4 is 47.2 Å². The predicted octanol–water partition coefficient (Wildman–Crippen LogP) is 4.32. The van der Waals surface area contributed by atoms with Crippen LogP contribution in [-0.4, -0.2) is 12.5 Å². The summed E-state index contributed by atoms with van der Waals surface area (Å²) in [7, 11) is 0. The number of nitrogens with one attached hydrogen (secondary N) is 1. The molecule has 0 heterocycles. The van der Waals surface area contributed by atoms with Gasteiger partial charge in [0.25, 0.3) is 0 Å². The molecule has 0 bridgehead atoms. The minimum atomic E-state index is 0. The maximum atomic E-state index is 5.84. The van der Waals surface area contributed by atoms with Crippen LogP contribution in [0.5, 0.6) is 0 Å². The van der Waals surface area contributed by atoms with Crippen molar-refractivity contribution in [1.29, 1.82) is 0 Å². The Morgan fingerprint density at radius 1 is 1.05 bits per heavy atom. The van der Waals surface area contributed by atoms with Crippen LogP contribution in [0.1, 0.15) is 12.0 Å². The summed E-state index contributed by atoms with van der Waals surface area (Å²) in [6.07, 6.45) is 1.93. The van der Waals surface area contributed by atoms with E-state index < -0.39 is 0 Å². The first-order valence-corrected chi connectivity index (χ1v) is 6.98. The Morgan fingerprint density at radius 2 is 1.71 bits per heavy atom. The Morgan fingerprint density at radius 3 is 2.38 bits per heavy atom. The van der Waals surface area contributed by atoms with E-state index in [1.165, 1.54) is 5.56 Å². The lowest BCUT2D eigenvalue weighted by Crippen LogP contribution is -2.22. The van der Waals surface area contributed by atoms with E-state index in [9.17, 15) is 0 Å². The smallest absolute Gasteiger partial charge is 0.193 e. The summed E-state index contributed by atoms with van der Waals surface area (Å²) >= 11 is 5.84. The van der Waals surface area contributed by atoms with Crippen LogP contribution in [0.15, 0.2) is 59.6 Å². The highest BCUT2D eigenvalue weighted by Gasteiger charge is 1.95. The molecule has 0 radical (unpaired) electrons. The third-order valence-corrected chi connectivity index (χ3v) is 3.12. The maximum absolute atomic E-state index is 5.84. The van der Waals surface area contributed by atoms with Gasteiger partial charge in [0.15, 0.2) is 5.96 Å². The van der Waals surface area contributed by atoms with Crippen LogP contribution in [0.4, 0.5) is 5.69 Å². The average Bonchev–Trinajstić information content (AvgIpc) is 2.46. The SMILES string of the molecule is I.NC(=NCCCc1ccc(Cl)cc1)Nc1ccccc1. The number of hydrogen-bond acceptors (Lipinski definition) is 1. The Hall–Kier alpha value is -1.27. The molecule has 0 saturated carbocycles. The Balaban J connectivity index is 0.00000220. The zero-order valence-electron chi connectivity index (χ0n) is 11.6. The van der Waals surface area contributed by atoms with E-state index in [1.54, 1.807) is 0 Å². The number of rotatable bonds is 5. The molecule has 0 amide bonds. The third kappa shape index (κ3) is 6.82. The van der Waals surface area contributed by atoms with Crippen molar-refractivity contribution in [3.8, 4) is 0 Å². The fourth-order valence-corrected chi connectivity index (χ4v) is 1.97. The molecule has 0 aromatic heterocycles. The number of nitrogens with zero attached hydrogens (tertiary/aromatic N) is 1. The number of hydrogen-bond donors (Lipinski definition) is 2.